The molecular weight excluding hydrogens is 271 g/mol. The van der Waals surface area contributed by atoms with Crippen LogP contribution in [0.2, 0.25) is 0 Å². The van der Waals surface area contributed by atoms with Gasteiger partial charge in [0.1, 0.15) is 5.82 Å². The highest BCUT2D eigenvalue weighted by Crippen LogP contribution is 2.26. The van der Waals surface area contributed by atoms with E-state index in [1.165, 1.54) is 24.3 Å². The Labute approximate surface area is 119 Å². The van der Waals surface area contributed by atoms with Gasteiger partial charge in [0.25, 0.3) is 5.56 Å². The van der Waals surface area contributed by atoms with Gasteiger partial charge in [-0.15, -0.1) is 5.11 Å². The monoisotopic (exact) mass is 282 g/mol. The Kier molecular flexibility index (Phi) is 3.42. The largest absolute Gasteiger partial charge is 0.295 e. The molecule has 1 heterocycles. The Morgan fingerprint density at radius 1 is 0.857 bits per heavy atom. The number of halogens is 1. The summed E-state index contributed by atoms with van der Waals surface area (Å²) in [6.45, 7) is 0. The third-order valence-electron chi connectivity index (χ3n) is 2.91. The Hall–Kier alpha value is -3.02. The molecule has 0 bridgehead atoms. The van der Waals surface area contributed by atoms with E-state index in [1.807, 2.05) is 30.3 Å². The van der Waals surface area contributed by atoms with Gasteiger partial charge in [0, 0.05) is 5.56 Å². The first-order valence-corrected chi connectivity index (χ1v) is 6.27. The molecule has 0 aliphatic rings. The Balaban J connectivity index is 1.98. The quantitative estimate of drug-likeness (QED) is 0.702. The van der Waals surface area contributed by atoms with E-state index >= 15 is 0 Å². The number of aromatic amines is 2. The predicted molar refractivity (Wildman–Crippen MR) is 77.4 cm³/mol. The number of hydrogen-bond acceptors (Lipinski definition) is 3. The molecule has 0 saturated carbocycles. The van der Waals surface area contributed by atoms with E-state index in [-0.39, 0.29) is 17.1 Å². The van der Waals surface area contributed by atoms with E-state index in [0.29, 0.717) is 11.4 Å². The van der Waals surface area contributed by atoms with E-state index in [9.17, 15) is 9.18 Å². The van der Waals surface area contributed by atoms with Crippen LogP contribution in [0, 0.1) is 5.82 Å². The third-order valence-corrected chi connectivity index (χ3v) is 2.91. The molecule has 2 aromatic carbocycles. The van der Waals surface area contributed by atoms with Gasteiger partial charge in [0.2, 0.25) is 0 Å². The van der Waals surface area contributed by atoms with Crippen LogP contribution in [0.25, 0.3) is 11.3 Å². The van der Waals surface area contributed by atoms with E-state index in [0.717, 1.165) is 5.56 Å². The molecule has 0 aliphatic carbocycles. The number of nitrogens with zero attached hydrogens (tertiary/aromatic N) is 2. The van der Waals surface area contributed by atoms with Crippen LogP contribution in [0.15, 0.2) is 69.6 Å². The predicted octanol–water partition coefficient (Wildman–Crippen LogP) is 3.92. The third kappa shape index (κ3) is 2.79. The van der Waals surface area contributed by atoms with E-state index in [2.05, 4.69) is 20.4 Å². The van der Waals surface area contributed by atoms with Gasteiger partial charge in [-0.05, 0) is 24.3 Å². The summed E-state index contributed by atoms with van der Waals surface area (Å²) in [5.41, 5.74) is 1.68. The minimum Gasteiger partial charge on any atom is -0.295 e. The number of nitrogens with one attached hydrogen (secondary N) is 2. The maximum absolute atomic E-state index is 12.8. The minimum atomic E-state index is -0.361. The highest BCUT2D eigenvalue weighted by molar-refractivity contribution is 5.70. The normalized spacial score (nSPS) is 11.1. The number of aromatic nitrogens is 2. The summed E-state index contributed by atoms with van der Waals surface area (Å²) in [6, 6.07) is 14.9. The topological polar surface area (TPSA) is 73.4 Å². The fourth-order valence-corrected chi connectivity index (χ4v) is 1.88. The highest BCUT2D eigenvalue weighted by atomic mass is 19.1. The molecule has 2 N–H and O–H groups in total. The first-order valence-electron chi connectivity index (χ1n) is 6.27. The molecule has 0 fully saturated rings. The lowest BCUT2D eigenvalue weighted by Gasteiger charge is -1.97. The van der Waals surface area contributed by atoms with E-state index in [4.69, 9.17) is 0 Å². The number of rotatable bonds is 3. The van der Waals surface area contributed by atoms with Gasteiger partial charge in [-0.25, -0.2) is 4.39 Å². The van der Waals surface area contributed by atoms with Crippen molar-refractivity contribution in [2.75, 3.05) is 0 Å². The minimum absolute atomic E-state index is 0.186. The molecule has 0 amide bonds. The molecule has 0 atom stereocenters. The van der Waals surface area contributed by atoms with Gasteiger partial charge in [-0.3, -0.25) is 15.0 Å². The number of hydrogen-bond donors (Lipinski definition) is 2. The molecule has 5 nitrogen and oxygen atoms in total. The van der Waals surface area contributed by atoms with Crippen molar-refractivity contribution >= 4 is 11.4 Å². The second-order valence-corrected chi connectivity index (χ2v) is 4.35. The maximum atomic E-state index is 12.8. The molecule has 1 aromatic heterocycles. The van der Waals surface area contributed by atoms with Crippen LogP contribution in [0.1, 0.15) is 0 Å². The van der Waals surface area contributed by atoms with Gasteiger partial charge in [0.15, 0.2) is 5.69 Å². The number of azo groups is 1. The standard InChI is InChI=1S/C15H11FN4O/c16-11-6-8-12(9-7-11)17-19-14-13(18-20-15(14)21)10-4-2-1-3-5-10/h1-9H,(H2,18,20,21). The molecule has 21 heavy (non-hydrogen) atoms. The molecule has 0 radical (unpaired) electrons. The van der Waals surface area contributed by atoms with Crippen molar-refractivity contribution in [1.82, 2.24) is 10.2 Å². The number of H-pyrrole nitrogens is 2. The fourth-order valence-electron chi connectivity index (χ4n) is 1.88. The zero-order valence-electron chi connectivity index (χ0n) is 10.9. The molecule has 3 aromatic rings. The molecular formula is C15H11FN4O. The second kappa shape index (κ2) is 5.54. The average Bonchev–Trinajstić information content (AvgIpc) is 2.89. The van der Waals surface area contributed by atoms with Gasteiger partial charge >= 0.3 is 0 Å². The van der Waals surface area contributed by atoms with Gasteiger partial charge in [0.05, 0.1) is 11.4 Å². The van der Waals surface area contributed by atoms with Crippen molar-refractivity contribution in [3.8, 4) is 11.3 Å². The van der Waals surface area contributed by atoms with Crippen LogP contribution in [0.5, 0.6) is 0 Å². The van der Waals surface area contributed by atoms with Gasteiger partial charge in [-0.2, -0.15) is 5.11 Å². The van der Waals surface area contributed by atoms with Crippen LogP contribution >= 0.6 is 0 Å². The zero-order valence-corrected chi connectivity index (χ0v) is 10.9. The lowest BCUT2D eigenvalue weighted by molar-refractivity contribution is 0.628. The maximum Gasteiger partial charge on any atom is 0.292 e. The van der Waals surface area contributed by atoms with Crippen molar-refractivity contribution < 1.29 is 4.39 Å². The summed E-state index contributed by atoms with van der Waals surface area (Å²) in [5.74, 6) is -0.349. The fraction of sp³-hybridized carbons (Fsp3) is 0. The van der Waals surface area contributed by atoms with Crippen LogP contribution in [-0.2, 0) is 0 Å². The Morgan fingerprint density at radius 2 is 1.57 bits per heavy atom. The van der Waals surface area contributed by atoms with E-state index in [1.54, 1.807) is 0 Å². The summed E-state index contributed by atoms with van der Waals surface area (Å²) in [7, 11) is 0. The molecule has 6 heteroatoms. The van der Waals surface area contributed by atoms with Crippen molar-refractivity contribution in [3.05, 3.63) is 70.8 Å². The van der Waals surface area contributed by atoms with Crippen LogP contribution in [0.4, 0.5) is 15.8 Å². The smallest absolute Gasteiger partial charge is 0.292 e. The summed E-state index contributed by atoms with van der Waals surface area (Å²) in [4.78, 5) is 11.8. The molecule has 0 aliphatic heterocycles. The summed E-state index contributed by atoms with van der Waals surface area (Å²) in [6.07, 6.45) is 0. The lowest BCUT2D eigenvalue weighted by atomic mass is 10.1. The summed E-state index contributed by atoms with van der Waals surface area (Å²) < 4.78 is 12.8. The average molecular weight is 282 g/mol. The molecule has 0 spiro atoms. The Morgan fingerprint density at radius 3 is 2.29 bits per heavy atom. The van der Waals surface area contributed by atoms with Crippen LogP contribution < -0.4 is 5.56 Å². The van der Waals surface area contributed by atoms with Crippen molar-refractivity contribution in [1.29, 1.82) is 0 Å². The van der Waals surface area contributed by atoms with Crippen molar-refractivity contribution in [2.24, 2.45) is 10.2 Å². The van der Waals surface area contributed by atoms with E-state index < -0.39 is 0 Å². The Bertz CT molecular complexity index is 819. The summed E-state index contributed by atoms with van der Waals surface area (Å²) >= 11 is 0. The van der Waals surface area contributed by atoms with Crippen molar-refractivity contribution in [3.63, 3.8) is 0 Å². The molecule has 0 saturated heterocycles. The first kappa shape index (κ1) is 13.0. The van der Waals surface area contributed by atoms with Crippen LogP contribution in [-0.4, -0.2) is 10.2 Å². The molecule has 0 unspecified atom stereocenters. The number of benzene rings is 2. The SMILES string of the molecule is O=c1[nH][nH]c(-c2ccccc2)c1N=Nc1ccc(F)cc1. The second-order valence-electron chi connectivity index (χ2n) is 4.35. The van der Waals surface area contributed by atoms with Gasteiger partial charge < -0.3 is 0 Å². The van der Waals surface area contributed by atoms with Gasteiger partial charge in [-0.1, -0.05) is 30.3 Å². The molecule has 3 rings (SSSR count). The highest BCUT2D eigenvalue weighted by Gasteiger charge is 2.10. The van der Waals surface area contributed by atoms with Crippen LogP contribution in [0.3, 0.4) is 0 Å². The zero-order chi connectivity index (χ0) is 14.7. The molecule has 104 valence electrons. The van der Waals surface area contributed by atoms with Crippen molar-refractivity contribution in [2.45, 2.75) is 0 Å². The summed E-state index contributed by atoms with van der Waals surface area (Å²) in [5, 5.41) is 13.2. The lowest BCUT2D eigenvalue weighted by Crippen LogP contribution is -1.96. The first-order chi connectivity index (χ1) is 10.2.